The third kappa shape index (κ3) is 5.15. The van der Waals surface area contributed by atoms with Gasteiger partial charge in [-0.2, -0.15) is 0 Å². The Morgan fingerprint density at radius 2 is 1.53 bits per heavy atom. The smallest absolute Gasteiger partial charge is 0.314 e. The number of rotatable bonds is 6. The molecule has 0 aliphatic carbocycles. The van der Waals surface area contributed by atoms with Crippen LogP contribution in [0.4, 0.5) is 17.1 Å². The van der Waals surface area contributed by atoms with E-state index in [1.807, 2.05) is 42.5 Å². The summed E-state index contributed by atoms with van der Waals surface area (Å²) in [7, 11) is 1.36. The van der Waals surface area contributed by atoms with Gasteiger partial charge in [0.15, 0.2) is 0 Å². The molecule has 0 radical (unpaired) electrons. The molecule has 0 saturated carbocycles. The zero-order chi connectivity index (χ0) is 21.5. The number of nitrogens with one attached hydrogen (secondary N) is 2. The summed E-state index contributed by atoms with van der Waals surface area (Å²) >= 11 is 1.44. The van der Waals surface area contributed by atoms with Crippen LogP contribution in [0.1, 0.15) is 0 Å². The van der Waals surface area contributed by atoms with E-state index in [2.05, 4.69) is 10.6 Å². The fraction of sp³-hybridized carbons (Fsp3) is 0.0476. The molecule has 3 aromatic rings. The minimum Gasteiger partial charge on any atom is -0.495 e. The first kappa shape index (κ1) is 20.9. The molecule has 0 aliphatic heterocycles. The van der Waals surface area contributed by atoms with Gasteiger partial charge in [0, 0.05) is 21.9 Å². The van der Waals surface area contributed by atoms with E-state index < -0.39 is 16.7 Å². The Morgan fingerprint density at radius 3 is 2.20 bits per heavy atom. The lowest BCUT2D eigenvalue weighted by atomic mass is 10.2. The number of nitrogens with zero attached hydrogens (tertiary/aromatic N) is 1. The van der Waals surface area contributed by atoms with E-state index in [9.17, 15) is 19.7 Å². The fourth-order valence-corrected chi connectivity index (χ4v) is 3.46. The second-order valence-corrected chi connectivity index (χ2v) is 7.08. The van der Waals surface area contributed by atoms with Crippen LogP contribution in [-0.2, 0) is 9.59 Å². The number of hydrogen-bond acceptors (Lipinski definition) is 6. The van der Waals surface area contributed by atoms with E-state index in [1.54, 1.807) is 12.1 Å². The number of nitro groups is 1. The van der Waals surface area contributed by atoms with Crippen molar-refractivity contribution in [3.05, 3.63) is 82.9 Å². The molecule has 2 amide bonds. The molecule has 0 aliphatic rings. The Hall–Kier alpha value is -3.85. The number of benzene rings is 3. The molecule has 0 heterocycles. The van der Waals surface area contributed by atoms with Gasteiger partial charge >= 0.3 is 11.8 Å². The van der Waals surface area contributed by atoms with Crippen LogP contribution in [0.2, 0.25) is 0 Å². The Morgan fingerprint density at radius 1 is 0.900 bits per heavy atom. The van der Waals surface area contributed by atoms with E-state index in [4.69, 9.17) is 4.74 Å². The number of carbonyl (C=O) groups excluding carboxylic acids is 2. The van der Waals surface area contributed by atoms with E-state index >= 15 is 0 Å². The summed E-state index contributed by atoms with van der Waals surface area (Å²) in [5.41, 5.74) is 0.257. The number of amides is 2. The summed E-state index contributed by atoms with van der Waals surface area (Å²) in [5, 5.41) is 15.9. The van der Waals surface area contributed by atoms with Gasteiger partial charge in [-0.25, -0.2) is 0 Å². The van der Waals surface area contributed by atoms with Crippen LogP contribution in [0.5, 0.6) is 5.75 Å². The third-order valence-electron chi connectivity index (χ3n) is 3.95. The highest BCUT2D eigenvalue weighted by Crippen LogP contribution is 2.33. The lowest BCUT2D eigenvalue weighted by Crippen LogP contribution is -2.29. The first-order valence-electron chi connectivity index (χ1n) is 8.74. The van der Waals surface area contributed by atoms with Gasteiger partial charge in [-0.3, -0.25) is 19.7 Å². The van der Waals surface area contributed by atoms with Crippen molar-refractivity contribution in [2.75, 3.05) is 17.7 Å². The first-order chi connectivity index (χ1) is 14.5. The summed E-state index contributed by atoms with van der Waals surface area (Å²) in [5.74, 6) is -1.69. The number of ether oxygens (including phenoxy) is 1. The molecule has 2 N–H and O–H groups in total. The standard InChI is InChI=1S/C21H17N3O5S/c1-29-18-12-11-14(24(27)28)13-17(18)23-21(26)20(25)22-16-9-5-6-10-19(16)30-15-7-3-2-4-8-15/h2-13H,1H3,(H,22,25)(H,23,26). The lowest BCUT2D eigenvalue weighted by Gasteiger charge is -2.12. The number of anilines is 2. The molecule has 0 spiro atoms. The normalized spacial score (nSPS) is 10.2. The maximum Gasteiger partial charge on any atom is 0.314 e. The van der Waals surface area contributed by atoms with Gasteiger partial charge in [-0.05, 0) is 30.3 Å². The van der Waals surface area contributed by atoms with Gasteiger partial charge in [0.1, 0.15) is 5.75 Å². The first-order valence-corrected chi connectivity index (χ1v) is 9.56. The Labute approximate surface area is 176 Å². The van der Waals surface area contributed by atoms with Crippen molar-refractivity contribution in [3.8, 4) is 5.75 Å². The quantitative estimate of drug-likeness (QED) is 0.347. The molecular weight excluding hydrogens is 406 g/mol. The minimum absolute atomic E-state index is 0.0267. The van der Waals surface area contributed by atoms with Gasteiger partial charge in [0.05, 0.1) is 23.4 Å². The highest BCUT2D eigenvalue weighted by Gasteiger charge is 2.19. The average molecular weight is 423 g/mol. The van der Waals surface area contributed by atoms with E-state index in [-0.39, 0.29) is 17.1 Å². The molecule has 9 heteroatoms. The minimum atomic E-state index is -0.978. The molecular formula is C21H17N3O5S. The van der Waals surface area contributed by atoms with Crippen molar-refractivity contribution in [1.82, 2.24) is 0 Å². The third-order valence-corrected chi connectivity index (χ3v) is 5.04. The van der Waals surface area contributed by atoms with Crippen molar-refractivity contribution in [3.63, 3.8) is 0 Å². The molecule has 0 unspecified atom stereocenters. The van der Waals surface area contributed by atoms with Gasteiger partial charge < -0.3 is 15.4 Å². The van der Waals surface area contributed by atoms with Gasteiger partial charge in [-0.1, -0.05) is 42.1 Å². The number of hydrogen-bond donors (Lipinski definition) is 2. The predicted octanol–water partition coefficient (Wildman–Crippen LogP) is 4.33. The van der Waals surface area contributed by atoms with Crippen LogP contribution < -0.4 is 15.4 Å². The van der Waals surface area contributed by atoms with Crippen molar-refractivity contribution in [1.29, 1.82) is 0 Å². The van der Waals surface area contributed by atoms with Gasteiger partial charge in [0.2, 0.25) is 0 Å². The van der Waals surface area contributed by atoms with Crippen LogP contribution >= 0.6 is 11.8 Å². The summed E-state index contributed by atoms with van der Waals surface area (Å²) in [6.45, 7) is 0. The Kier molecular flexibility index (Phi) is 6.66. The summed E-state index contributed by atoms with van der Waals surface area (Å²) in [6.07, 6.45) is 0. The van der Waals surface area contributed by atoms with Gasteiger partial charge in [-0.15, -0.1) is 0 Å². The Bertz CT molecular complexity index is 1090. The zero-order valence-electron chi connectivity index (χ0n) is 15.8. The monoisotopic (exact) mass is 423 g/mol. The maximum atomic E-state index is 12.4. The maximum absolute atomic E-state index is 12.4. The second kappa shape index (κ2) is 9.57. The van der Waals surface area contributed by atoms with Crippen molar-refractivity contribution < 1.29 is 19.2 Å². The molecule has 8 nitrogen and oxygen atoms in total. The van der Waals surface area contributed by atoms with Gasteiger partial charge in [0.25, 0.3) is 5.69 Å². The number of para-hydroxylation sites is 1. The molecule has 0 atom stereocenters. The van der Waals surface area contributed by atoms with Crippen molar-refractivity contribution >= 4 is 40.6 Å². The van der Waals surface area contributed by atoms with Crippen LogP contribution in [0.3, 0.4) is 0 Å². The summed E-state index contributed by atoms with van der Waals surface area (Å²) in [6, 6.07) is 20.4. The molecule has 0 fully saturated rings. The molecule has 152 valence electrons. The van der Waals surface area contributed by atoms with Crippen LogP contribution in [0.15, 0.2) is 82.6 Å². The van der Waals surface area contributed by atoms with E-state index in [0.717, 1.165) is 15.9 Å². The molecule has 0 saturated heterocycles. The van der Waals surface area contributed by atoms with E-state index in [1.165, 1.54) is 31.0 Å². The summed E-state index contributed by atoms with van der Waals surface area (Å²) in [4.78, 5) is 36.9. The fourth-order valence-electron chi connectivity index (χ4n) is 2.54. The van der Waals surface area contributed by atoms with E-state index in [0.29, 0.717) is 5.69 Å². The molecule has 0 bridgehead atoms. The number of non-ortho nitro benzene ring substituents is 1. The average Bonchev–Trinajstić information content (AvgIpc) is 2.75. The van der Waals surface area contributed by atoms with Crippen molar-refractivity contribution in [2.24, 2.45) is 0 Å². The summed E-state index contributed by atoms with van der Waals surface area (Å²) < 4.78 is 5.09. The lowest BCUT2D eigenvalue weighted by molar-refractivity contribution is -0.384. The molecule has 0 aromatic heterocycles. The molecule has 3 rings (SSSR count). The largest absolute Gasteiger partial charge is 0.495 e. The molecule has 3 aromatic carbocycles. The SMILES string of the molecule is COc1ccc([N+](=O)[O-])cc1NC(=O)C(=O)Nc1ccccc1Sc1ccccc1. The number of methoxy groups -OCH3 is 1. The number of nitro benzene ring substituents is 1. The van der Waals surface area contributed by atoms with Crippen molar-refractivity contribution in [2.45, 2.75) is 9.79 Å². The highest BCUT2D eigenvalue weighted by atomic mass is 32.2. The highest BCUT2D eigenvalue weighted by molar-refractivity contribution is 7.99. The number of carbonyl (C=O) groups is 2. The predicted molar refractivity (Wildman–Crippen MR) is 114 cm³/mol. The zero-order valence-corrected chi connectivity index (χ0v) is 16.6. The Balaban J connectivity index is 1.75. The van der Waals surface area contributed by atoms with Crippen LogP contribution in [-0.4, -0.2) is 23.8 Å². The molecule has 30 heavy (non-hydrogen) atoms. The second-order valence-electron chi connectivity index (χ2n) is 5.96. The topological polar surface area (TPSA) is 111 Å². The van der Waals surface area contributed by atoms with Crippen LogP contribution in [0.25, 0.3) is 0 Å². The van der Waals surface area contributed by atoms with Crippen LogP contribution in [0, 0.1) is 10.1 Å².